The second-order valence-electron chi connectivity index (χ2n) is 9.49. The van der Waals surface area contributed by atoms with Gasteiger partial charge in [-0.05, 0) is 111 Å². The molecule has 0 aromatic heterocycles. The molecule has 2 aliphatic rings. The summed E-state index contributed by atoms with van der Waals surface area (Å²) in [5, 5.41) is 30.0. The van der Waals surface area contributed by atoms with E-state index in [1.54, 1.807) is 0 Å². The topological polar surface area (TPSA) is 60.7 Å². The first kappa shape index (κ1) is 20.3. The fraction of sp³-hybridized carbons (Fsp3) is 0.538. The predicted molar refractivity (Wildman–Crippen MR) is 116 cm³/mol. The smallest absolute Gasteiger partial charge is 0.118 e. The van der Waals surface area contributed by atoms with Crippen LogP contribution in [0.3, 0.4) is 0 Å². The second kappa shape index (κ2) is 8.02. The molecule has 0 heterocycles. The molecule has 0 atom stereocenters. The molecule has 0 amide bonds. The Kier molecular flexibility index (Phi) is 5.61. The van der Waals surface area contributed by atoms with Gasteiger partial charge in [0.15, 0.2) is 0 Å². The first-order valence-corrected chi connectivity index (χ1v) is 11.2. The summed E-state index contributed by atoms with van der Waals surface area (Å²) in [6.07, 6.45) is 8.72. The first-order valence-electron chi connectivity index (χ1n) is 11.2. The number of hydrogen-bond donors (Lipinski definition) is 3. The van der Waals surface area contributed by atoms with Crippen LogP contribution in [0.25, 0.3) is 0 Å². The molecule has 3 nitrogen and oxygen atoms in total. The van der Waals surface area contributed by atoms with Crippen LogP contribution >= 0.6 is 0 Å². The Balaban J connectivity index is 1.65. The minimum atomic E-state index is -0.0890. The Morgan fingerprint density at radius 2 is 1.14 bits per heavy atom. The number of phenols is 2. The molecule has 2 aromatic rings. The van der Waals surface area contributed by atoms with Crippen LogP contribution in [0.15, 0.2) is 36.4 Å². The normalized spacial score (nSPS) is 25.1. The van der Waals surface area contributed by atoms with Crippen molar-refractivity contribution in [2.24, 2.45) is 11.8 Å². The third kappa shape index (κ3) is 3.90. The van der Waals surface area contributed by atoms with Crippen LogP contribution in [0.5, 0.6) is 11.5 Å². The quantitative estimate of drug-likeness (QED) is 0.622. The Morgan fingerprint density at radius 1 is 0.690 bits per heavy atom. The van der Waals surface area contributed by atoms with Gasteiger partial charge in [-0.2, -0.15) is 0 Å². The zero-order valence-corrected chi connectivity index (χ0v) is 17.7. The summed E-state index contributed by atoms with van der Waals surface area (Å²) in [5.41, 5.74) is 4.31. The number of phenolic OH excluding ortho intramolecular Hbond substituents is 2. The highest BCUT2D eigenvalue weighted by atomic mass is 16.3. The van der Waals surface area contributed by atoms with Crippen molar-refractivity contribution < 1.29 is 15.3 Å². The lowest BCUT2D eigenvalue weighted by molar-refractivity contribution is 0.0763. The molecular formula is C26H34O3. The van der Waals surface area contributed by atoms with E-state index in [1.165, 1.54) is 24.0 Å². The Hall–Kier alpha value is -2.00. The highest BCUT2D eigenvalue weighted by molar-refractivity contribution is 5.48. The van der Waals surface area contributed by atoms with Gasteiger partial charge in [0, 0.05) is 5.41 Å². The molecule has 2 aliphatic carbocycles. The molecule has 0 bridgehead atoms. The van der Waals surface area contributed by atoms with E-state index in [4.69, 9.17) is 0 Å². The number of benzene rings is 2. The number of hydrogen-bond acceptors (Lipinski definition) is 3. The molecule has 2 fully saturated rings. The Labute approximate surface area is 174 Å². The van der Waals surface area contributed by atoms with E-state index >= 15 is 0 Å². The van der Waals surface area contributed by atoms with Crippen molar-refractivity contribution in [1.82, 2.24) is 0 Å². The monoisotopic (exact) mass is 394 g/mol. The molecule has 0 aliphatic heterocycles. The molecule has 3 N–H and O–H groups in total. The van der Waals surface area contributed by atoms with Crippen molar-refractivity contribution in [3.8, 4) is 11.5 Å². The van der Waals surface area contributed by atoms with Crippen molar-refractivity contribution in [2.75, 3.05) is 0 Å². The predicted octanol–water partition coefficient (Wildman–Crippen LogP) is 5.74. The summed E-state index contributed by atoms with van der Waals surface area (Å²) >= 11 is 0. The highest BCUT2D eigenvalue weighted by Gasteiger charge is 2.41. The van der Waals surface area contributed by atoms with E-state index in [9.17, 15) is 15.3 Å². The van der Waals surface area contributed by atoms with Crippen molar-refractivity contribution in [2.45, 2.75) is 76.7 Å². The van der Waals surface area contributed by atoms with Gasteiger partial charge in [0.25, 0.3) is 0 Å². The van der Waals surface area contributed by atoms with Crippen LogP contribution in [-0.2, 0) is 5.41 Å². The van der Waals surface area contributed by atoms with Crippen LogP contribution in [0.2, 0.25) is 0 Å². The zero-order chi connectivity index (χ0) is 20.6. The van der Waals surface area contributed by atoms with E-state index in [1.807, 2.05) is 26.0 Å². The maximum atomic E-state index is 10.1. The largest absolute Gasteiger partial charge is 0.508 e. The molecule has 3 heteroatoms. The summed E-state index contributed by atoms with van der Waals surface area (Å²) in [4.78, 5) is 0. The second-order valence-corrected chi connectivity index (χ2v) is 9.49. The van der Waals surface area contributed by atoms with Gasteiger partial charge in [0.2, 0.25) is 0 Å². The van der Waals surface area contributed by atoms with Gasteiger partial charge in [-0.25, -0.2) is 0 Å². The number of aliphatic hydroxyl groups is 1. The average Bonchev–Trinajstić information content (AvgIpc) is 2.73. The van der Waals surface area contributed by atoms with Crippen molar-refractivity contribution in [1.29, 1.82) is 0 Å². The van der Waals surface area contributed by atoms with Crippen LogP contribution in [-0.4, -0.2) is 21.4 Å². The van der Waals surface area contributed by atoms with Crippen LogP contribution in [0, 0.1) is 25.7 Å². The maximum Gasteiger partial charge on any atom is 0.118 e. The van der Waals surface area contributed by atoms with Crippen molar-refractivity contribution in [3.05, 3.63) is 58.7 Å². The number of aromatic hydroxyl groups is 2. The third-order valence-electron chi connectivity index (χ3n) is 7.79. The summed E-state index contributed by atoms with van der Waals surface area (Å²) in [6.45, 7) is 3.93. The average molecular weight is 395 g/mol. The van der Waals surface area contributed by atoms with Gasteiger partial charge >= 0.3 is 0 Å². The molecule has 0 radical (unpaired) electrons. The molecule has 2 saturated carbocycles. The van der Waals surface area contributed by atoms with Crippen molar-refractivity contribution >= 4 is 0 Å². The minimum Gasteiger partial charge on any atom is -0.508 e. The van der Waals surface area contributed by atoms with E-state index in [0.717, 1.165) is 61.5 Å². The van der Waals surface area contributed by atoms with Crippen LogP contribution < -0.4 is 0 Å². The fourth-order valence-corrected chi connectivity index (χ4v) is 5.83. The van der Waals surface area contributed by atoms with Crippen LogP contribution in [0.1, 0.15) is 73.6 Å². The first-order chi connectivity index (χ1) is 13.9. The maximum absolute atomic E-state index is 10.1. The molecule has 2 aromatic carbocycles. The summed E-state index contributed by atoms with van der Waals surface area (Å²) in [5.74, 6) is 2.19. The third-order valence-corrected chi connectivity index (χ3v) is 7.79. The van der Waals surface area contributed by atoms with Gasteiger partial charge in [-0.15, -0.1) is 0 Å². The lowest BCUT2D eigenvalue weighted by atomic mass is 9.60. The van der Waals surface area contributed by atoms with E-state index < -0.39 is 0 Å². The minimum absolute atomic E-state index is 0.0679. The van der Waals surface area contributed by atoms with Gasteiger partial charge in [0.05, 0.1) is 6.10 Å². The lowest BCUT2D eigenvalue weighted by Crippen LogP contribution is -2.36. The van der Waals surface area contributed by atoms with Gasteiger partial charge in [-0.3, -0.25) is 0 Å². The molecule has 156 valence electrons. The highest BCUT2D eigenvalue weighted by Crippen LogP contribution is 2.50. The molecule has 0 unspecified atom stereocenters. The molecule has 4 rings (SSSR count). The molecule has 0 saturated heterocycles. The summed E-state index contributed by atoms with van der Waals surface area (Å²) in [7, 11) is 0. The lowest BCUT2D eigenvalue weighted by Gasteiger charge is -2.44. The van der Waals surface area contributed by atoms with Gasteiger partial charge < -0.3 is 15.3 Å². The van der Waals surface area contributed by atoms with Gasteiger partial charge in [-0.1, -0.05) is 24.3 Å². The number of rotatable bonds is 3. The zero-order valence-electron chi connectivity index (χ0n) is 17.7. The number of aliphatic hydroxyl groups excluding tert-OH is 1. The fourth-order valence-electron chi connectivity index (χ4n) is 5.83. The van der Waals surface area contributed by atoms with E-state index in [-0.39, 0.29) is 11.5 Å². The number of aryl methyl sites for hydroxylation is 2. The Morgan fingerprint density at radius 3 is 1.59 bits per heavy atom. The van der Waals surface area contributed by atoms with Crippen molar-refractivity contribution in [3.63, 3.8) is 0 Å². The van der Waals surface area contributed by atoms with E-state index in [0.29, 0.717) is 11.5 Å². The Bertz CT molecular complexity index is 803. The molecule has 0 spiro atoms. The molecular weight excluding hydrogens is 360 g/mol. The van der Waals surface area contributed by atoms with Gasteiger partial charge in [0.1, 0.15) is 11.5 Å². The summed E-state index contributed by atoms with van der Waals surface area (Å²) in [6, 6.07) is 12.1. The standard InChI is InChI=1S/C26H34O3/c1-17-15-21(5-9-24(17)28)26(22-6-10-25(29)18(2)16-22)13-11-20(12-14-26)19-3-7-23(27)8-4-19/h5-6,9-10,15-16,19-20,23,27-29H,3-4,7-8,11-14H2,1-2H3. The van der Waals surface area contributed by atoms with Crippen LogP contribution in [0.4, 0.5) is 0 Å². The van der Waals surface area contributed by atoms with E-state index in [2.05, 4.69) is 24.3 Å². The SMILES string of the molecule is Cc1cc(C2(c3ccc(O)c(C)c3)CCC(C3CCC(O)CC3)CC2)ccc1O. The summed E-state index contributed by atoms with van der Waals surface area (Å²) < 4.78 is 0. The molecule has 29 heavy (non-hydrogen) atoms.